The maximum Gasteiger partial charge on any atom is 0.280 e. The number of aromatic amines is 1. The number of benzene rings is 2. The number of aliphatic imine (C=N–C) groups is 1. The molecule has 6 heteroatoms. The Morgan fingerprint density at radius 2 is 1.60 bits per heavy atom. The molecule has 1 aromatic heterocycles. The third kappa shape index (κ3) is 3.50. The molecule has 1 aliphatic heterocycles. The van der Waals surface area contributed by atoms with Crippen molar-refractivity contribution in [2.75, 3.05) is 20.2 Å². The topological polar surface area (TPSA) is 77.9 Å². The normalized spacial score (nSPS) is 12.9. The van der Waals surface area contributed by atoms with E-state index < -0.39 is 0 Å². The largest absolute Gasteiger partial charge is 0.497 e. The van der Waals surface area contributed by atoms with E-state index in [9.17, 15) is 9.90 Å². The van der Waals surface area contributed by atoms with Crippen LogP contribution in [0.3, 0.4) is 0 Å². The monoisotopic (exact) mass is 403 g/mol. The van der Waals surface area contributed by atoms with Crippen molar-refractivity contribution in [3.05, 3.63) is 70.8 Å². The minimum Gasteiger partial charge on any atom is -0.497 e. The zero-order valence-corrected chi connectivity index (χ0v) is 17.4. The van der Waals surface area contributed by atoms with E-state index in [-0.39, 0.29) is 11.8 Å². The summed E-state index contributed by atoms with van der Waals surface area (Å²) >= 11 is 0. The average molecular weight is 403 g/mol. The maximum absolute atomic E-state index is 12.7. The molecule has 30 heavy (non-hydrogen) atoms. The minimum atomic E-state index is -0.352. The van der Waals surface area contributed by atoms with Crippen LogP contribution in [0.1, 0.15) is 40.9 Å². The first-order chi connectivity index (χ1) is 14.5. The molecule has 4 rings (SSSR count). The first-order valence-electron chi connectivity index (χ1n) is 10.1. The summed E-state index contributed by atoms with van der Waals surface area (Å²) in [4.78, 5) is 22.3. The summed E-state index contributed by atoms with van der Waals surface area (Å²) in [5.41, 5.74) is 4.71. The molecule has 0 saturated carbocycles. The van der Waals surface area contributed by atoms with E-state index in [0.29, 0.717) is 22.5 Å². The lowest BCUT2D eigenvalue weighted by atomic mass is 9.99. The molecule has 6 nitrogen and oxygen atoms in total. The van der Waals surface area contributed by atoms with Crippen LogP contribution in [0.25, 0.3) is 11.3 Å². The second-order valence-corrected chi connectivity index (χ2v) is 7.25. The van der Waals surface area contributed by atoms with Gasteiger partial charge in [0.2, 0.25) is 0 Å². The molecule has 0 radical (unpaired) electrons. The lowest BCUT2D eigenvalue weighted by molar-refractivity contribution is 0.101. The minimum absolute atomic E-state index is 0.0485. The summed E-state index contributed by atoms with van der Waals surface area (Å²) in [5.74, 6) is 0.321. The molecule has 2 aromatic carbocycles. The molecule has 154 valence electrons. The fourth-order valence-electron chi connectivity index (χ4n) is 3.80. The molecule has 0 atom stereocenters. The Labute approximate surface area is 175 Å². The predicted octanol–water partition coefficient (Wildman–Crippen LogP) is 4.23. The summed E-state index contributed by atoms with van der Waals surface area (Å²) in [6.45, 7) is 7.16. The second kappa shape index (κ2) is 8.16. The van der Waals surface area contributed by atoms with Crippen molar-refractivity contribution in [3.8, 4) is 22.9 Å². The van der Waals surface area contributed by atoms with Crippen molar-refractivity contribution in [2.24, 2.45) is 4.99 Å². The summed E-state index contributed by atoms with van der Waals surface area (Å²) in [6, 6.07) is 15.3. The lowest BCUT2D eigenvalue weighted by Gasteiger charge is -2.18. The third-order valence-electron chi connectivity index (χ3n) is 5.55. The van der Waals surface area contributed by atoms with Gasteiger partial charge in [0.1, 0.15) is 5.75 Å². The van der Waals surface area contributed by atoms with Crippen LogP contribution < -0.4 is 4.74 Å². The highest BCUT2D eigenvalue weighted by Gasteiger charge is 2.33. The van der Waals surface area contributed by atoms with Crippen LogP contribution in [0.4, 0.5) is 0 Å². The van der Waals surface area contributed by atoms with Crippen LogP contribution in [0, 0.1) is 0 Å². The third-order valence-corrected chi connectivity index (χ3v) is 5.55. The van der Waals surface area contributed by atoms with E-state index in [1.54, 1.807) is 7.11 Å². The summed E-state index contributed by atoms with van der Waals surface area (Å²) in [5, 5.41) is 10.6. The Morgan fingerprint density at radius 1 is 0.967 bits per heavy atom. The van der Waals surface area contributed by atoms with Gasteiger partial charge in [-0.15, -0.1) is 0 Å². The van der Waals surface area contributed by atoms with Gasteiger partial charge in [-0.2, -0.15) is 0 Å². The fourth-order valence-corrected chi connectivity index (χ4v) is 3.80. The Balaban J connectivity index is 1.67. The van der Waals surface area contributed by atoms with E-state index in [2.05, 4.69) is 28.7 Å². The van der Waals surface area contributed by atoms with E-state index in [4.69, 9.17) is 4.74 Å². The maximum atomic E-state index is 12.7. The Kier molecular flexibility index (Phi) is 5.42. The molecule has 0 spiro atoms. The molecule has 1 aliphatic rings. The van der Waals surface area contributed by atoms with E-state index in [0.717, 1.165) is 36.5 Å². The van der Waals surface area contributed by atoms with Crippen LogP contribution in [-0.4, -0.2) is 46.8 Å². The summed E-state index contributed by atoms with van der Waals surface area (Å²) in [7, 11) is 1.60. The second-order valence-electron chi connectivity index (χ2n) is 7.25. The standard InChI is InChI=1S/C24H25N3O3/c1-4-27(5-2)14-15-6-8-16(9-7-15)21-19-20(24(29)25-21)22(26-23(19)28)17-10-12-18(30-3)13-11-17/h6-13,26,28H,4-5,14H2,1-3H3. The van der Waals surface area contributed by atoms with Gasteiger partial charge in [0.15, 0.2) is 5.88 Å². The molecule has 0 fully saturated rings. The molecule has 0 aliphatic carbocycles. The molecular weight excluding hydrogens is 378 g/mol. The van der Waals surface area contributed by atoms with Gasteiger partial charge in [-0.3, -0.25) is 9.69 Å². The fraction of sp³-hybridized carbons (Fsp3) is 0.250. The van der Waals surface area contributed by atoms with E-state index in [1.165, 1.54) is 5.56 Å². The number of methoxy groups -OCH3 is 1. The van der Waals surface area contributed by atoms with E-state index in [1.807, 2.05) is 48.5 Å². The van der Waals surface area contributed by atoms with Crippen molar-refractivity contribution in [1.82, 2.24) is 9.88 Å². The van der Waals surface area contributed by atoms with Gasteiger partial charge in [0.05, 0.1) is 29.6 Å². The Hall–Kier alpha value is -3.38. The van der Waals surface area contributed by atoms with Gasteiger partial charge < -0.3 is 14.8 Å². The van der Waals surface area contributed by atoms with Crippen molar-refractivity contribution in [2.45, 2.75) is 20.4 Å². The number of carbonyl (C=O) groups is 1. The van der Waals surface area contributed by atoms with Crippen LogP contribution in [-0.2, 0) is 6.54 Å². The van der Waals surface area contributed by atoms with Gasteiger partial charge in [0.25, 0.3) is 5.91 Å². The van der Waals surface area contributed by atoms with Gasteiger partial charge in [-0.05, 0) is 48.5 Å². The van der Waals surface area contributed by atoms with Crippen molar-refractivity contribution in [1.29, 1.82) is 0 Å². The highest BCUT2D eigenvalue weighted by molar-refractivity contribution is 6.30. The molecule has 0 unspecified atom stereocenters. The number of aromatic nitrogens is 1. The predicted molar refractivity (Wildman–Crippen MR) is 117 cm³/mol. The number of amides is 1. The zero-order chi connectivity index (χ0) is 21.3. The molecule has 2 N–H and O–H groups in total. The molecule has 2 heterocycles. The van der Waals surface area contributed by atoms with Gasteiger partial charge in [0, 0.05) is 12.1 Å². The first kappa shape index (κ1) is 19.9. The number of hydrogen-bond acceptors (Lipinski definition) is 4. The number of aromatic hydroxyl groups is 1. The molecular formula is C24H25N3O3. The van der Waals surface area contributed by atoms with E-state index >= 15 is 0 Å². The number of rotatable bonds is 7. The number of hydrogen-bond donors (Lipinski definition) is 2. The number of nitrogens with zero attached hydrogens (tertiary/aromatic N) is 2. The average Bonchev–Trinajstić information content (AvgIpc) is 3.31. The van der Waals surface area contributed by atoms with Crippen LogP contribution in [0.2, 0.25) is 0 Å². The summed E-state index contributed by atoms with van der Waals surface area (Å²) < 4.78 is 5.19. The number of fused-ring (bicyclic) bond motifs is 1. The van der Waals surface area contributed by atoms with Crippen LogP contribution >= 0.6 is 0 Å². The zero-order valence-electron chi connectivity index (χ0n) is 17.4. The number of H-pyrrole nitrogens is 1. The smallest absolute Gasteiger partial charge is 0.280 e. The summed E-state index contributed by atoms with van der Waals surface area (Å²) in [6.07, 6.45) is 0. The number of nitrogens with one attached hydrogen (secondary N) is 1. The molecule has 1 amide bonds. The van der Waals surface area contributed by atoms with Gasteiger partial charge in [-0.25, -0.2) is 4.99 Å². The van der Waals surface area contributed by atoms with Crippen molar-refractivity contribution >= 4 is 11.6 Å². The quantitative estimate of drug-likeness (QED) is 0.619. The molecule has 0 bridgehead atoms. The number of ether oxygens (including phenoxy) is 1. The number of carbonyl (C=O) groups excluding carboxylic acids is 1. The van der Waals surface area contributed by atoms with Crippen molar-refractivity contribution in [3.63, 3.8) is 0 Å². The highest BCUT2D eigenvalue weighted by atomic mass is 16.5. The molecule has 3 aromatic rings. The Morgan fingerprint density at radius 3 is 2.20 bits per heavy atom. The lowest BCUT2D eigenvalue weighted by Crippen LogP contribution is -2.22. The highest BCUT2D eigenvalue weighted by Crippen LogP contribution is 2.38. The van der Waals surface area contributed by atoms with Crippen LogP contribution in [0.15, 0.2) is 53.5 Å². The molecule has 0 saturated heterocycles. The first-order valence-corrected chi connectivity index (χ1v) is 10.1. The van der Waals surface area contributed by atoms with Gasteiger partial charge in [-0.1, -0.05) is 38.1 Å². The van der Waals surface area contributed by atoms with Crippen LogP contribution in [0.5, 0.6) is 11.6 Å². The van der Waals surface area contributed by atoms with Crippen molar-refractivity contribution < 1.29 is 14.6 Å². The Bertz CT molecular complexity index is 1090. The SMILES string of the molecule is CCN(CC)Cc1ccc(C2=NC(=O)c3c(-c4ccc(OC)cc4)[nH]c(O)c32)cc1. The van der Waals surface area contributed by atoms with Gasteiger partial charge >= 0.3 is 0 Å².